The fourth-order valence-electron chi connectivity index (χ4n) is 3.55. The molecule has 5 rings (SSSR count). The van der Waals surface area contributed by atoms with Gasteiger partial charge in [0, 0.05) is 16.3 Å². The van der Waals surface area contributed by atoms with Crippen LogP contribution in [0, 0.1) is 0 Å². The van der Waals surface area contributed by atoms with Crippen molar-refractivity contribution in [3.63, 3.8) is 0 Å². The lowest BCUT2D eigenvalue weighted by molar-refractivity contribution is -0.274. The minimum atomic E-state index is -5.03. The second-order valence-corrected chi connectivity index (χ2v) is 8.88. The Balaban J connectivity index is 1.51. The van der Waals surface area contributed by atoms with Gasteiger partial charge in [0.05, 0.1) is 11.2 Å². The van der Waals surface area contributed by atoms with Crippen molar-refractivity contribution >= 4 is 34.7 Å². The summed E-state index contributed by atoms with van der Waals surface area (Å²) < 4.78 is 60.2. The maximum absolute atomic E-state index is 12.9. The third kappa shape index (κ3) is 4.18. The summed E-state index contributed by atoms with van der Waals surface area (Å²) in [6.45, 7) is 0. The second kappa shape index (κ2) is 7.68. The average molecular weight is 473 g/mol. The van der Waals surface area contributed by atoms with Gasteiger partial charge in [-0.2, -0.15) is 5.10 Å². The quantitative estimate of drug-likeness (QED) is 0.293. The Hall–Kier alpha value is -3.75. The molecule has 168 valence electrons. The minimum absolute atomic E-state index is 0.0195. The highest BCUT2D eigenvalue weighted by molar-refractivity contribution is 7.61. The van der Waals surface area contributed by atoms with Crippen molar-refractivity contribution in [1.29, 1.82) is 0 Å². The van der Waals surface area contributed by atoms with E-state index in [9.17, 15) is 22.6 Å². The Morgan fingerprint density at radius 3 is 2.48 bits per heavy atom. The molecule has 0 fully saturated rings. The van der Waals surface area contributed by atoms with E-state index in [1.165, 1.54) is 24.3 Å². The number of aromatic amines is 2. The summed E-state index contributed by atoms with van der Waals surface area (Å²) in [6, 6.07) is 18.7. The molecule has 2 heterocycles. The standard InChI is InChI=1S/C22H15F3N3O4P/c23-22(24,25)31-19-7-3-4-8-20(19)33(29,30)32-14-9-10-17-15(12-14)21(28-27-17)18-11-13-5-1-2-6-16(13)26-18/h1-12,26H,(H,27,28)(H,29,30). The van der Waals surface area contributed by atoms with Gasteiger partial charge in [0.25, 0.3) is 0 Å². The highest BCUT2D eigenvalue weighted by atomic mass is 31.2. The van der Waals surface area contributed by atoms with Crippen LogP contribution in [-0.4, -0.2) is 26.4 Å². The molecule has 0 saturated heterocycles. The van der Waals surface area contributed by atoms with Gasteiger partial charge in [-0.15, -0.1) is 13.2 Å². The molecule has 0 saturated carbocycles. The minimum Gasteiger partial charge on any atom is -0.421 e. The zero-order valence-electron chi connectivity index (χ0n) is 16.6. The Kier molecular flexibility index (Phi) is 4.92. The molecule has 7 nitrogen and oxygen atoms in total. The van der Waals surface area contributed by atoms with Crippen LogP contribution in [0.5, 0.6) is 11.5 Å². The number of alkyl halides is 3. The van der Waals surface area contributed by atoms with Gasteiger partial charge in [-0.05, 0) is 42.5 Å². The van der Waals surface area contributed by atoms with Crippen molar-refractivity contribution in [2.24, 2.45) is 0 Å². The van der Waals surface area contributed by atoms with Gasteiger partial charge in [0.15, 0.2) is 0 Å². The van der Waals surface area contributed by atoms with Crippen LogP contribution < -0.4 is 14.6 Å². The number of benzene rings is 3. The van der Waals surface area contributed by atoms with Crippen molar-refractivity contribution in [2.75, 3.05) is 0 Å². The summed E-state index contributed by atoms with van der Waals surface area (Å²) in [5.74, 6) is -0.826. The van der Waals surface area contributed by atoms with E-state index >= 15 is 0 Å². The lowest BCUT2D eigenvalue weighted by atomic mass is 10.1. The van der Waals surface area contributed by atoms with Gasteiger partial charge >= 0.3 is 14.0 Å². The van der Waals surface area contributed by atoms with Crippen molar-refractivity contribution in [1.82, 2.24) is 15.2 Å². The van der Waals surface area contributed by atoms with Gasteiger partial charge < -0.3 is 19.1 Å². The monoisotopic (exact) mass is 473 g/mol. The fraction of sp³-hybridized carbons (Fsp3) is 0.0455. The zero-order valence-corrected chi connectivity index (χ0v) is 17.5. The molecule has 0 aliphatic rings. The number of para-hydroxylation sites is 2. The third-order valence-corrected chi connectivity index (χ3v) is 6.38. The van der Waals surface area contributed by atoms with Crippen LogP contribution in [0.15, 0.2) is 72.8 Å². The fourth-order valence-corrected chi connectivity index (χ4v) is 4.72. The van der Waals surface area contributed by atoms with Crippen LogP contribution in [0.2, 0.25) is 0 Å². The van der Waals surface area contributed by atoms with Crippen molar-refractivity contribution in [3.8, 4) is 22.9 Å². The van der Waals surface area contributed by atoms with E-state index in [0.717, 1.165) is 28.7 Å². The normalized spacial score (nSPS) is 13.8. The van der Waals surface area contributed by atoms with Crippen molar-refractivity contribution in [2.45, 2.75) is 6.36 Å². The predicted molar refractivity (Wildman–Crippen MR) is 117 cm³/mol. The van der Waals surface area contributed by atoms with Crippen molar-refractivity contribution < 1.29 is 31.9 Å². The maximum atomic E-state index is 12.9. The molecule has 0 aliphatic carbocycles. The van der Waals surface area contributed by atoms with Gasteiger partial charge in [0.2, 0.25) is 0 Å². The lowest BCUT2D eigenvalue weighted by Gasteiger charge is -2.17. The molecule has 0 aliphatic heterocycles. The number of nitrogens with zero attached hydrogens (tertiary/aromatic N) is 1. The van der Waals surface area contributed by atoms with E-state index in [-0.39, 0.29) is 5.75 Å². The van der Waals surface area contributed by atoms with E-state index in [4.69, 9.17) is 4.52 Å². The van der Waals surface area contributed by atoms with Crippen LogP contribution in [0.3, 0.4) is 0 Å². The van der Waals surface area contributed by atoms with E-state index < -0.39 is 25.0 Å². The molecule has 0 spiro atoms. The van der Waals surface area contributed by atoms with Gasteiger partial charge in [-0.1, -0.05) is 30.3 Å². The molecule has 0 amide bonds. The number of hydrogen-bond donors (Lipinski definition) is 3. The summed E-state index contributed by atoms with van der Waals surface area (Å²) in [6.07, 6.45) is -5.03. The molecule has 0 radical (unpaired) electrons. The molecular formula is C22H15F3N3O4P. The molecule has 1 unspecified atom stereocenters. The summed E-state index contributed by atoms with van der Waals surface area (Å²) in [5, 5.41) is 8.18. The van der Waals surface area contributed by atoms with Crippen LogP contribution in [0.1, 0.15) is 0 Å². The first-order valence-corrected chi connectivity index (χ1v) is 11.2. The average Bonchev–Trinajstić information content (AvgIpc) is 3.36. The summed E-state index contributed by atoms with van der Waals surface area (Å²) in [5.41, 5.74) is 2.83. The number of ether oxygens (including phenoxy) is 1. The van der Waals surface area contributed by atoms with E-state index in [1.807, 2.05) is 30.3 Å². The largest absolute Gasteiger partial charge is 0.573 e. The number of nitrogens with one attached hydrogen (secondary N) is 2. The molecule has 1 atom stereocenters. The number of hydrogen-bond acceptors (Lipinski definition) is 4. The predicted octanol–water partition coefficient (Wildman–Crippen LogP) is 5.50. The summed E-state index contributed by atoms with van der Waals surface area (Å²) in [7, 11) is -4.72. The molecule has 5 aromatic rings. The topological polar surface area (TPSA) is 100 Å². The number of halogens is 3. The lowest BCUT2D eigenvalue weighted by Crippen LogP contribution is -2.22. The number of fused-ring (bicyclic) bond motifs is 2. The molecule has 33 heavy (non-hydrogen) atoms. The van der Waals surface area contributed by atoms with Crippen LogP contribution in [-0.2, 0) is 4.57 Å². The van der Waals surface area contributed by atoms with Gasteiger partial charge in [-0.3, -0.25) is 5.10 Å². The Morgan fingerprint density at radius 2 is 1.70 bits per heavy atom. The van der Waals surface area contributed by atoms with E-state index in [0.29, 0.717) is 16.6 Å². The Labute approximate surface area is 184 Å². The first-order valence-electron chi connectivity index (χ1n) is 9.64. The Bertz CT molecular complexity index is 1490. The van der Waals surface area contributed by atoms with E-state index in [2.05, 4.69) is 19.9 Å². The number of aromatic nitrogens is 3. The number of H-pyrrole nitrogens is 2. The van der Waals surface area contributed by atoms with Crippen LogP contribution in [0.25, 0.3) is 33.2 Å². The molecular weight excluding hydrogens is 458 g/mol. The number of rotatable bonds is 5. The summed E-state index contributed by atoms with van der Waals surface area (Å²) >= 11 is 0. The first-order chi connectivity index (χ1) is 15.7. The van der Waals surface area contributed by atoms with Crippen LogP contribution in [0.4, 0.5) is 13.2 Å². The molecule has 3 aromatic carbocycles. The smallest absolute Gasteiger partial charge is 0.421 e. The molecule has 3 N–H and O–H groups in total. The molecule has 0 bridgehead atoms. The van der Waals surface area contributed by atoms with Gasteiger partial charge in [-0.25, -0.2) is 4.57 Å². The van der Waals surface area contributed by atoms with E-state index in [1.54, 1.807) is 6.07 Å². The third-order valence-electron chi connectivity index (χ3n) is 4.94. The maximum Gasteiger partial charge on any atom is 0.573 e. The SMILES string of the molecule is O=P(O)(Oc1ccc2[nH]nc(-c3cc4ccccc4[nH]3)c2c1)c1ccccc1OC(F)(F)F. The highest BCUT2D eigenvalue weighted by Gasteiger charge is 2.36. The van der Waals surface area contributed by atoms with Gasteiger partial charge in [0.1, 0.15) is 22.5 Å². The summed E-state index contributed by atoms with van der Waals surface area (Å²) in [4.78, 5) is 13.7. The Morgan fingerprint density at radius 1 is 0.939 bits per heavy atom. The highest BCUT2D eigenvalue weighted by Crippen LogP contribution is 2.45. The first kappa shape index (κ1) is 21.1. The molecule has 11 heteroatoms. The molecule has 2 aromatic heterocycles. The van der Waals surface area contributed by atoms with Crippen LogP contribution >= 0.6 is 7.60 Å². The zero-order chi connectivity index (χ0) is 23.2. The van der Waals surface area contributed by atoms with Crippen molar-refractivity contribution in [3.05, 3.63) is 72.8 Å². The second-order valence-electron chi connectivity index (χ2n) is 7.18.